The topological polar surface area (TPSA) is 61.4 Å². The van der Waals surface area contributed by atoms with Crippen LogP contribution >= 0.6 is 0 Å². The molecule has 0 bridgehead atoms. The molecule has 2 rings (SSSR count). The Kier molecular flexibility index (Phi) is 4.40. The number of nitrogens with one attached hydrogen (secondary N) is 2. The van der Waals surface area contributed by atoms with E-state index in [0.717, 1.165) is 45.2 Å². The molecule has 0 aromatic heterocycles. The fourth-order valence-electron chi connectivity index (χ4n) is 3.44. The van der Waals surface area contributed by atoms with Crippen LogP contribution in [0, 0.1) is 5.92 Å². The molecule has 1 heterocycles. The molecule has 1 aliphatic heterocycles. The molecule has 1 amide bonds. The summed E-state index contributed by atoms with van der Waals surface area (Å²) in [7, 11) is 0. The van der Waals surface area contributed by atoms with E-state index in [9.17, 15) is 9.90 Å². The molecular formula is C13H24N2O2. The number of rotatable bonds is 4. The van der Waals surface area contributed by atoms with Crippen LogP contribution in [0.5, 0.6) is 0 Å². The number of piperidine rings is 1. The van der Waals surface area contributed by atoms with Gasteiger partial charge in [-0.15, -0.1) is 0 Å². The molecule has 1 saturated carbocycles. The molecule has 0 aromatic rings. The maximum atomic E-state index is 10.8. The number of amides is 1. The van der Waals surface area contributed by atoms with Crippen molar-refractivity contribution in [2.24, 2.45) is 5.92 Å². The van der Waals surface area contributed by atoms with Gasteiger partial charge in [-0.3, -0.25) is 4.79 Å². The zero-order chi connectivity index (χ0) is 12.1. The molecule has 3 N–H and O–H groups in total. The Hall–Kier alpha value is -0.610. The average Bonchev–Trinajstić information content (AvgIpc) is 2.38. The lowest BCUT2D eigenvalue weighted by molar-refractivity contribution is -0.115. The molecule has 17 heavy (non-hydrogen) atoms. The maximum absolute atomic E-state index is 10.8. The van der Waals surface area contributed by atoms with Gasteiger partial charge < -0.3 is 15.7 Å². The summed E-state index contributed by atoms with van der Waals surface area (Å²) in [4.78, 5) is 10.8. The summed E-state index contributed by atoms with van der Waals surface area (Å²) in [5, 5.41) is 16.9. The molecule has 0 aromatic carbocycles. The quantitative estimate of drug-likeness (QED) is 0.637. The second-order valence-electron chi connectivity index (χ2n) is 5.51. The van der Waals surface area contributed by atoms with Gasteiger partial charge in [0.15, 0.2) is 0 Å². The van der Waals surface area contributed by atoms with E-state index < -0.39 is 5.60 Å². The number of aliphatic hydroxyl groups is 1. The van der Waals surface area contributed by atoms with Gasteiger partial charge in [0.05, 0.1) is 11.6 Å². The molecule has 1 unspecified atom stereocenters. The average molecular weight is 240 g/mol. The highest BCUT2D eigenvalue weighted by atomic mass is 16.3. The van der Waals surface area contributed by atoms with Crippen molar-refractivity contribution in [2.75, 3.05) is 13.1 Å². The summed E-state index contributed by atoms with van der Waals surface area (Å²) in [5.74, 6) is 0.456. The van der Waals surface area contributed by atoms with Crippen molar-refractivity contribution in [3.8, 4) is 0 Å². The van der Waals surface area contributed by atoms with Crippen molar-refractivity contribution in [3.63, 3.8) is 0 Å². The first-order valence-electron chi connectivity index (χ1n) is 6.89. The maximum Gasteiger partial charge on any atom is 0.207 e. The normalized spacial score (nSPS) is 27.4. The van der Waals surface area contributed by atoms with Crippen molar-refractivity contribution in [2.45, 2.75) is 56.6 Å². The first kappa shape index (κ1) is 12.8. The second kappa shape index (κ2) is 5.83. The van der Waals surface area contributed by atoms with Gasteiger partial charge in [0.1, 0.15) is 0 Å². The van der Waals surface area contributed by atoms with Gasteiger partial charge in [-0.2, -0.15) is 0 Å². The minimum Gasteiger partial charge on any atom is -0.388 e. The predicted octanol–water partition coefficient (Wildman–Crippen LogP) is 0.796. The van der Waals surface area contributed by atoms with Gasteiger partial charge >= 0.3 is 0 Å². The summed E-state index contributed by atoms with van der Waals surface area (Å²) >= 11 is 0. The van der Waals surface area contributed by atoms with Crippen LogP contribution in [0.4, 0.5) is 0 Å². The lowest BCUT2D eigenvalue weighted by Crippen LogP contribution is -2.58. The van der Waals surface area contributed by atoms with E-state index in [1.54, 1.807) is 0 Å². The zero-order valence-electron chi connectivity index (χ0n) is 10.5. The monoisotopic (exact) mass is 240 g/mol. The summed E-state index contributed by atoms with van der Waals surface area (Å²) < 4.78 is 0. The van der Waals surface area contributed by atoms with E-state index >= 15 is 0 Å². The number of carbonyl (C=O) groups is 1. The van der Waals surface area contributed by atoms with Crippen molar-refractivity contribution in [3.05, 3.63) is 0 Å². The molecule has 2 aliphatic rings. The molecule has 1 saturated heterocycles. The fourth-order valence-corrected chi connectivity index (χ4v) is 3.44. The minimum atomic E-state index is -0.700. The van der Waals surface area contributed by atoms with Crippen LogP contribution in [-0.2, 0) is 4.79 Å². The van der Waals surface area contributed by atoms with Crippen molar-refractivity contribution < 1.29 is 9.90 Å². The first-order chi connectivity index (χ1) is 8.26. The Morgan fingerprint density at radius 3 is 2.47 bits per heavy atom. The summed E-state index contributed by atoms with van der Waals surface area (Å²) in [6, 6.07) is -0.0533. The smallest absolute Gasteiger partial charge is 0.207 e. The van der Waals surface area contributed by atoms with Crippen LogP contribution < -0.4 is 10.6 Å². The van der Waals surface area contributed by atoms with Crippen LogP contribution in [0.1, 0.15) is 44.9 Å². The lowest BCUT2D eigenvalue weighted by Gasteiger charge is -2.44. The highest BCUT2D eigenvalue weighted by molar-refractivity contribution is 5.47. The standard InChI is InChI=1S/C13H24N2O2/c16-10-15-12(11-4-2-1-3-5-11)13(17)6-8-14-9-7-13/h10-12,14,17H,1-9H2,(H,15,16). The van der Waals surface area contributed by atoms with Crippen LogP contribution in [0.2, 0.25) is 0 Å². The van der Waals surface area contributed by atoms with E-state index in [-0.39, 0.29) is 6.04 Å². The van der Waals surface area contributed by atoms with E-state index in [1.165, 1.54) is 19.3 Å². The van der Waals surface area contributed by atoms with Gasteiger partial charge in [-0.1, -0.05) is 19.3 Å². The first-order valence-corrected chi connectivity index (χ1v) is 6.89. The van der Waals surface area contributed by atoms with Gasteiger partial charge in [-0.25, -0.2) is 0 Å². The van der Waals surface area contributed by atoms with Crippen molar-refractivity contribution in [1.29, 1.82) is 0 Å². The van der Waals surface area contributed by atoms with E-state index in [0.29, 0.717) is 5.92 Å². The molecule has 4 nitrogen and oxygen atoms in total. The van der Waals surface area contributed by atoms with Crippen molar-refractivity contribution in [1.82, 2.24) is 10.6 Å². The molecule has 2 fully saturated rings. The molecular weight excluding hydrogens is 216 g/mol. The third-order valence-electron chi connectivity index (χ3n) is 4.42. The molecule has 0 radical (unpaired) electrons. The minimum absolute atomic E-state index is 0.0533. The molecule has 1 atom stereocenters. The number of hydrogen-bond acceptors (Lipinski definition) is 3. The summed E-state index contributed by atoms with van der Waals surface area (Å²) in [6.45, 7) is 1.69. The largest absolute Gasteiger partial charge is 0.388 e. The van der Waals surface area contributed by atoms with Crippen LogP contribution in [0.15, 0.2) is 0 Å². The molecule has 0 spiro atoms. The highest BCUT2D eigenvalue weighted by Crippen LogP contribution is 2.34. The van der Waals surface area contributed by atoms with E-state index in [1.807, 2.05) is 0 Å². The zero-order valence-corrected chi connectivity index (χ0v) is 10.5. The lowest BCUT2D eigenvalue weighted by atomic mass is 9.73. The number of carbonyl (C=O) groups excluding carboxylic acids is 1. The Bertz CT molecular complexity index is 246. The van der Waals surface area contributed by atoms with Gasteiger partial charge in [0.2, 0.25) is 6.41 Å². The van der Waals surface area contributed by atoms with Gasteiger partial charge in [0.25, 0.3) is 0 Å². The SMILES string of the molecule is O=CNC(C1CCCCC1)C1(O)CCNCC1. The second-order valence-corrected chi connectivity index (χ2v) is 5.51. The Labute approximate surface area is 103 Å². The fraction of sp³-hybridized carbons (Fsp3) is 0.923. The third kappa shape index (κ3) is 2.99. The van der Waals surface area contributed by atoms with Gasteiger partial charge in [-0.05, 0) is 44.7 Å². The predicted molar refractivity (Wildman–Crippen MR) is 66.6 cm³/mol. The Balaban J connectivity index is 2.05. The van der Waals surface area contributed by atoms with E-state index in [4.69, 9.17) is 0 Å². The Morgan fingerprint density at radius 1 is 1.24 bits per heavy atom. The van der Waals surface area contributed by atoms with E-state index in [2.05, 4.69) is 10.6 Å². The van der Waals surface area contributed by atoms with Crippen LogP contribution in [-0.4, -0.2) is 36.2 Å². The molecule has 1 aliphatic carbocycles. The number of hydrogen-bond donors (Lipinski definition) is 3. The summed E-state index contributed by atoms with van der Waals surface area (Å²) in [6.07, 6.45) is 8.29. The van der Waals surface area contributed by atoms with Gasteiger partial charge in [0, 0.05) is 0 Å². The van der Waals surface area contributed by atoms with Crippen LogP contribution in [0.25, 0.3) is 0 Å². The third-order valence-corrected chi connectivity index (χ3v) is 4.42. The Morgan fingerprint density at radius 2 is 1.88 bits per heavy atom. The highest BCUT2D eigenvalue weighted by Gasteiger charge is 2.42. The van der Waals surface area contributed by atoms with Crippen molar-refractivity contribution >= 4 is 6.41 Å². The van der Waals surface area contributed by atoms with Crippen LogP contribution in [0.3, 0.4) is 0 Å². The molecule has 4 heteroatoms. The summed E-state index contributed by atoms with van der Waals surface area (Å²) in [5.41, 5.74) is -0.700. The molecule has 98 valence electrons.